The zero-order valence-electron chi connectivity index (χ0n) is 11.3. The third kappa shape index (κ3) is 16.2. The van der Waals surface area contributed by atoms with Crippen molar-refractivity contribution in [3.63, 3.8) is 0 Å². The van der Waals surface area contributed by atoms with Crippen LogP contribution in [0.4, 0.5) is 0 Å². The molecule has 0 aromatic heterocycles. The molecule has 4 nitrogen and oxygen atoms in total. The van der Waals surface area contributed by atoms with Crippen molar-refractivity contribution in [3.05, 3.63) is 0 Å². The van der Waals surface area contributed by atoms with Crippen molar-refractivity contribution in [3.8, 4) is 0 Å². The summed E-state index contributed by atoms with van der Waals surface area (Å²) < 4.78 is 16.1. The third-order valence-electron chi connectivity index (χ3n) is 1.90. The average molecular weight is 265 g/mol. The second kappa shape index (κ2) is 12.6. The summed E-state index contributed by atoms with van der Waals surface area (Å²) in [5.41, 5.74) is 0. The van der Waals surface area contributed by atoms with Gasteiger partial charge in [0.25, 0.3) is 0 Å². The van der Waals surface area contributed by atoms with Gasteiger partial charge in [0.1, 0.15) is 0 Å². The Labute approximate surface area is 111 Å². The predicted octanol–water partition coefficient (Wildman–Crippen LogP) is 1.35. The van der Waals surface area contributed by atoms with E-state index in [1.54, 1.807) is 0 Å². The Balaban J connectivity index is 2.94. The Kier molecular flexibility index (Phi) is 12.8. The largest absolute Gasteiger partial charge is 0.378 e. The molecule has 0 aromatic rings. The molecule has 0 aliphatic rings. The van der Waals surface area contributed by atoms with Crippen LogP contribution in [0.25, 0.3) is 0 Å². The quantitative estimate of drug-likeness (QED) is 0.413. The first-order chi connectivity index (χ1) is 8.13. The monoisotopic (exact) mass is 265 g/mol. The Morgan fingerprint density at radius 2 is 1.41 bits per heavy atom. The van der Waals surface area contributed by atoms with Gasteiger partial charge in [0.15, 0.2) is 0 Å². The SMILES string of the molecule is CC(C)NCCOCCOCCOC[C@H](C)S. The van der Waals surface area contributed by atoms with Gasteiger partial charge in [-0.05, 0) is 0 Å². The number of nitrogens with one attached hydrogen (secondary N) is 1. The summed E-state index contributed by atoms with van der Waals surface area (Å²) in [6.45, 7) is 11.0. The number of rotatable bonds is 12. The van der Waals surface area contributed by atoms with Crippen LogP contribution in [-0.4, -0.2) is 57.5 Å². The van der Waals surface area contributed by atoms with Crippen LogP contribution >= 0.6 is 12.6 Å². The Bertz CT molecular complexity index is 141. The van der Waals surface area contributed by atoms with Crippen molar-refractivity contribution in [1.29, 1.82) is 0 Å². The highest BCUT2D eigenvalue weighted by Gasteiger charge is 1.95. The van der Waals surface area contributed by atoms with Crippen LogP contribution in [0, 0.1) is 0 Å². The fraction of sp³-hybridized carbons (Fsp3) is 1.00. The van der Waals surface area contributed by atoms with E-state index in [1.807, 2.05) is 6.92 Å². The molecule has 0 radical (unpaired) electrons. The third-order valence-corrected chi connectivity index (χ3v) is 2.05. The van der Waals surface area contributed by atoms with Gasteiger partial charge in [-0.2, -0.15) is 12.6 Å². The fourth-order valence-corrected chi connectivity index (χ4v) is 1.22. The Morgan fingerprint density at radius 1 is 0.882 bits per heavy atom. The smallest absolute Gasteiger partial charge is 0.0701 e. The summed E-state index contributed by atoms with van der Waals surface area (Å²) in [4.78, 5) is 0. The Morgan fingerprint density at radius 3 is 1.94 bits per heavy atom. The van der Waals surface area contributed by atoms with Gasteiger partial charge in [0.2, 0.25) is 0 Å². The molecule has 0 rings (SSSR count). The van der Waals surface area contributed by atoms with Gasteiger partial charge in [-0.15, -0.1) is 0 Å². The van der Waals surface area contributed by atoms with E-state index in [0.29, 0.717) is 39.1 Å². The highest BCUT2D eigenvalue weighted by Crippen LogP contribution is 1.92. The first kappa shape index (κ1) is 17.2. The maximum atomic E-state index is 5.39. The van der Waals surface area contributed by atoms with E-state index in [0.717, 1.165) is 13.2 Å². The topological polar surface area (TPSA) is 39.7 Å². The molecular formula is C12H27NO3S. The summed E-state index contributed by atoms with van der Waals surface area (Å²) in [5, 5.41) is 3.57. The van der Waals surface area contributed by atoms with Crippen molar-refractivity contribution in [1.82, 2.24) is 5.32 Å². The minimum Gasteiger partial charge on any atom is -0.378 e. The first-order valence-corrected chi connectivity index (χ1v) is 6.79. The van der Waals surface area contributed by atoms with Crippen molar-refractivity contribution in [2.45, 2.75) is 32.1 Å². The van der Waals surface area contributed by atoms with E-state index in [4.69, 9.17) is 14.2 Å². The summed E-state index contributed by atoms with van der Waals surface area (Å²) in [6.07, 6.45) is 0. The van der Waals surface area contributed by atoms with Crippen LogP contribution in [-0.2, 0) is 14.2 Å². The van der Waals surface area contributed by atoms with Crippen molar-refractivity contribution in [2.24, 2.45) is 0 Å². The molecule has 0 saturated carbocycles. The van der Waals surface area contributed by atoms with Crippen molar-refractivity contribution in [2.75, 3.05) is 46.2 Å². The molecule has 17 heavy (non-hydrogen) atoms. The molecule has 0 aliphatic heterocycles. The highest BCUT2D eigenvalue weighted by atomic mass is 32.1. The number of thiol groups is 1. The molecule has 1 atom stereocenters. The van der Waals surface area contributed by atoms with Crippen LogP contribution in [0.1, 0.15) is 20.8 Å². The summed E-state index contributed by atoms with van der Waals surface area (Å²) in [6, 6.07) is 0.515. The molecule has 0 amide bonds. The average Bonchev–Trinajstić information content (AvgIpc) is 2.25. The molecule has 0 saturated heterocycles. The lowest BCUT2D eigenvalue weighted by Gasteiger charge is -2.09. The fourth-order valence-electron chi connectivity index (χ4n) is 1.11. The normalized spacial score (nSPS) is 13.2. The van der Waals surface area contributed by atoms with E-state index < -0.39 is 0 Å². The van der Waals surface area contributed by atoms with Crippen LogP contribution in [0.15, 0.2) is 0 Å². The summed E-state index contributed by atoms with van der Waals surface area (Å²) >= 11 is 4.21. The number of hydrogen-bond acceptors (Lipinski definition) is 5. The van der Waals surface area contributed by atoms with Crippen LogP contribution < -0.4 is 5.32 Å². The molecule has 0 fully saturated rings. The molecular weight excluding hydrogens is 238 g/mol. The van der Waals surface area contributed by atoms with Gasteiger partial charge in [-0.1, -0.05) is 20.8 Å². The predicted molar refractivity (Wildman–Crippen MR) is 74.0 cm³/mol. The number of hydrogen-bond donors (Lipinski definition) is 2. The molecule has 0 heterocycles. The minimum absolute atomic E-state index is 0.284. The number of ether oxygens (including phenoxy) is 3. The van der Waals surface area contributed by atoms with E-state index in [-0.39, 0.29) is 5.25 Å². The second-order valence-corrected chi connectivity index (χ2v) is 5.14. The molecule has 0 bridgehead atoms. The lowest BCUT2D eigenvalue weighted by molar-refractivity contribution is 0.0157. The van der Waals surface area contributed by atoms with E-state index in [2.05, 4.69) is 31.8 Å². The van der Waals surface area contributed by atoms with Crippen LogP contribution in [0.3, 0.4) is 0 Å². The van der Waals surface area contributed by atoms with E-state index >= 15 is 0 Å². The summed E-state index contributed by atoms with van der Waals surface area (Å²) in [5.74, 6) is 0. The van der Waals surface area contributed by atoms with E-state index in [9.17, 15) is 0 Å². The maximum absolute atomic E-state index is 5.39. The second-order valence-electron chi connectivity index (χ2n) is 4.26. The lowest BCUT2D eigenvalue weighted by Crippen LogP contribution is -2.27. The van der Waals surface area contributed by atoms with E-state index in [1.165, 1.54) is 0 Å². The van der Waals surface area contributed by atoms with Gasteiger partial charge < -0.3 is 19.5 Å². The lowest BCUT2D eigenvalue weighted by atomic mass is 10.4. The first-order valence-electron chi connectivity index (χ1n) is 6.27. The van der Waals surface area contributed by atoms with Crippen LogP contribution in [0.5, 0.6) is 0 Å². The van der Waals surface area contributed by atoms with Gasteiger partial charge >= 0.3 is 0 Å². The molecule has 0 spiro atoms. The molecule has 0 unspecified atom stereocenters. The standard InChI is InChI=1S/C12H27NO3S/c1-11(2)13-4-5-14-6-7-15-8-9-16-10-12(3)17/h11-13,17H,4-10H2,1-3H3/t12-/m0/s1. The zero-order chi connectivity index (χ0) is 12.9. The van der Waals surface area contributed by atoms with Gasteiger partial charge in [-0.3, -0.25) is 0 Å². The molecule has 5 heteroatoms. The van der Waals surface area contributed by atoms with Gasteiger partial charge in [0.05, 0.1) is 39.6 Å². The maximum Gasteiger partial charge on any atom is 0.0701 e. The van der Waals surface area contributed by atoms with Crippen molar-refractivity contribution < 1.29 is 14.2 Å². The van der Waals surface area contributed by atoms with Crippen molar-refractivity contribution >= 4 is 12.6 Å². The molecule has 104 valence electrons. The molecule has 0 aliphatic carbocycles. The van der Waals surface area contributed by atoms with Crippen LogP contribution in [0.2, 0.25) is 0 Å². The molecule has 1 N–H and O–H groups in total. The van der Waals surface area contributed by atoms with Gasteiger partial charge in [-0.25, -0.2) is 0 Å². The zero-order valence-corrected chi connectivity index (χ0v) is 12.2. The summed E-state index contributed by atoms with van der Waals surface area (Å²) in [7, 11) is 0. The minimum atomic E-state index is 0.284. The molecule has 0 aromatic carbocycles. The highest BCUT2D eigenvalue weighted by molar-refractivity contribution is 7.80. The van der Waals surface area contributed by atoms with Gasteiger partial charge in [0, 0.05) is 17.8 Å². The Hall–Kier alpha value is 0.190.